The summed E-state index contributed by atoms with van der Waals surface area (Å²) in [7, 11) is 1.59. The largest absolute Gasteiger partial charge is 0.497 e. The minimum atomic E-state index is -0.445. The summed E-state index contributed by atoms with van der Waals surface area (Å²) in [5.74, 6) is 0.929. The molecule has 134 valence electrons. The van der Waals surface area contributed by atoms with E-state index in [1.165, 1.54) is 0 Å². The Balaban J connectivity index is 1.78. The molecule has 0 radical (unpaired) electrons. The van der Waals surface area contributed by atoms with E-state index < -0.39 is 11.8 Å². The number of furan rings is 1. The summed E-state index contributed by atoms with van der Waals surface area (Å²) < 4.78 is 10.5. The molecule has 7 nitrogen and oxygen atoms in total. The average Bonchev–Trinajstić information content (AvgIpc) is 2.96. The van der Waals surface area contributed by atoms with Crippen LogP contribution in [0.25, 0.3) is 10.9 Å². The van der Waals surface area contributed by atoms with Gasteiger partial charge in [0, 0.05) is 11.5 Å². The highest BCUT2D eigenvalue weighted by Crippen LogP contribution is 2.21. The lowest BCUT2D eigenvalue weighted by Gasteiger charge is -2.10. The third-order valence-electron chi connectivity index (χ3n) is 4.04. The zero-order chi connectivity index (χ0) is 18.8. The first-order valence-corrected chi connectivity index (χ1v) is 8.02. The summed E-state index contributed by atoms with van der Waals surface area (Å²) in [6.07, 6.45) is 0. The highest BCUT2D eigenvalue weighted by atomic mass is 16.5. The highest BCUT2D eigenvalue weighted by Gasteiger charge is 2.16. The Morgan fingerprint density at radius 3 is 2.31 bits per heavy atom. The molecular weight excluding hydrogens is 334 g/mol. The van der Waals surface area contributed by atoms with E-state index in [0.29, 0.717) is 34.1 Å². The van der Waals surface area contributed by atoms with Crippen molar-refractivity contribution in [2.24, 2.45) is 0 Å². The van der Waals surface area contributed by atoms with Crippen LogP contribution in [0.4, 0.5) is 0 Å². The van der Waals surface area contributed by atoms with Crippen molar-refractivity contribution in [3.63, 3.8) is 0 Å². The van der Waals surface area contributed by atoms with E-state index >= 15 is 0 Å². The van der Waals surface area contributed by atoms with E-state index in [4.69, 9.17) is 9.15 Å². The maximum atomic E-state index is 12.4. The Labute approximate surface area is 150 Å². The number of aryl methyl sites for hydroxylation is 3. The van der Waals surface area contributed by atoms with Crippen LogP contribution < -0.4 is 15.6 Å². The van der Waals surface area contributed by atoms with Gasteiger partial charge in [-0.25, -0.2) is 0 Å². The lowest BCUT2D eigenvalue weighted by Crippen LogP contribution is -2.42. The fraction of sp³-hybridized carbons (Fsp3) is 0.211. The van der Waals surface area contributed by atoms with Crippen LogP contribution >= 0.6 is 0 Å². The summed E-state index contributed by atoms with van der Waals surface area (Å²) in [6.45, 7) is 5.18. The monoisotopic (exact) mass is 353 g/mol. The van der Waals surface area contributed by atoms with Crippen molar-refractivity contribution < 1.29 is 18.7 Å². The van der Waals surface area contributed by atoms with Gasteiger partial charge in [0.2, 0.25) is 0 Å². The van der Waals surface area contributed by atoms with Crippen LogP contribution in [0.3, 0.4) is 0 Å². The van der Waals surface area contributed by atoms with E-state index in [0.717, 1.165) is 10.9 Å². The van der Waals surface area contributed by atoms with Crippen molar-refractivity contribution in [1.82, 2.24) is 15.8 Å². The quantitative estimate of drug-likeness (QED) is 0.706. The fourth-order valence-electron chi connectivity index (χ4n) is 2.70. The number of benzene rings is 1. The molecule has 0 aliphatic carbocycles. The molecule has 0 fully saturated rings. The van der Waals surface area contributed by atoms with Gasteiger partial charge in [-0.2, -0.15) is 0 Å². The number of hydrogen-bond acceptors (Lipinski definition) is 5. The van der Waals surface area contributed by atoms with Gasteiger partial charge in [-0.05, 0) is 45.0 Å². The van der Waals surface area contributed by atoms with E-state index in [1.807, 2.05) is 6.07 Å². The maximum absolute atomic E-state index is 12.4. The Morgan fingerprint density at radius 1 is 1.00 bits per heavy atom. The van der Waals surface area contributed by atoms with E-state index in [-0.39, 0.29) is 0 Å². The minimum Gasteiger partial charge on any atom is -0.497 e. The molecule has 0 aliphatic heterocycles. The number of ether oxygens (including phenoxy) is 1. The van der Waals surface area contributed by atoms with Crippen molar-refractivity contribution in [2.45, 2.75) is 20.8 Å². The number of pyridine rings is 1. The number of carbonyl (C=O) groups excluding carboxylic acids is 2. The molecule has 2 heterocycles. The van der Waals surface area contributed by atoms with E-state index in [9.17, 15) is 9.59 Å². The van der Waals surface area contributed by atoms with Crippen molar-refractivity contribution in [3.05, 3.63) is 58.7 Å². The van der Waals surface area contributed by atoms with Gasteiger partial charge in [0.05, 0.1) is 29.4 Å². The number of rotatable bonds is 3. The number of nitrogens with one attached hydrogen (secondary N) is 2. The zero-order valence-electron chi connectivity index (χ0n) is 15.0. The third kappa shape index (κ3) is 3.37. The molecule has 0 spiro atoms. The highest BCUT2D eigenvalue weighted by molar-refractivity contribution is 6.01. The third-order valence-corrected chi connectivity index (χ3v) is 4.04. The molecule has 2 N–H and O–H groups in total. The predicted molar refractivity (Wildman–Crippen MR) is 96.1 cm³/mol. The van der Waals surface area contributed by atoms with Crippen LogP contribution in [0.1, 0.15) is 37.9 Å². The first-order chi connectivity index (χ1) is 12.4. The number of fused-ring (bicyclic) bond motifs is 1. The zero-order valence-corrected chi connectivity index (χ0v) is 15.0. The smallest absolute Gasteiger partial charge is 0.273 e. The van der Waals surface area contributed by atoms with Crippen molar-refractivity contribution in [1.29, 1.82) is 0 Å². The summed E-state index contributed by atoms with van der Waals surface area (Å²) in [5.41, 5.74) is 6.85. The molecule has 0 unspecified atom stereocenters. The predicted octanol–water partition coefficient (Wildman–Crippen LogP) is 2.84. The Kier molecular flexibility index (Phi) is 4.62. The molecule has 3 aromatic rings. The van der Waals surface area contributed by atoms with Crippen LogP contribution in [-0.4, -0.2) is 23.9 Å². The summed E-state index contributed by atoms with van der Waals surface area (Å²) in [6, 6.07) is 8.77. The fourth-order valence-corrected chi connectivity index (χ4v) is 2.70. The van der Waals surface area contributed by atoms with Gasteiger partial charge in [-0.15, -0.1) is 0 Å². The second kappa shape index (κ2) is 6.87. The summed E-state index contributed by atoms with van der Waals surface area (Å²) in [4.78, 5) is 29.1. The molecule has 0 atom stereocenters. The second-order valence-corrected chi connectivity index (χ2v) is 5.92. The topological polar surface area (TPSA) is 93.5 Å². The molecule has 0 saturated carbocycles. The molecule has 7 heteroatoms. The molecule has 3 rings (SSSR count). The van der Waals surface area contributed by atoms with Gasteiger partial charge < -0.3 is 9.15 Å². The number of hydrogen-bond donors (Lipinski definition) is 2. The standard InChI is InChI=1S/C19H19N3O4/c1-10-7-16(12(3)26-10)19(24)22-21-18(23)15-8-13-5-6-14(25-4)9-17(13)20-11(15)2/h5-9H,1-4H3,(H,21,23)(H,22,24). The molecule has 0 saturated heterocycles. The number of aromatic nitrogens is 1. The summed E-state index contributed by atoms with van der Waals surface area (Å²) >= 11 is 0. The Morgan fingerprint density at radius 2 is 1.69 bits per heavy atom. The first-order valence-electron chi connectivity index (χ1n) is 8.02. The van der Waals surface area contributed by atoms with E-state index in [1.54, 1.807) is 52.1 Å². The number of methoxy groups -OCH3 is 1. The van der Waals surface area contributed by atoms with Gasteiger partial charge in [0.15, 0.2) is 0 Å². The lowest BCUT2D eigenvalue weighted by atomic mass is 10.1. The van der Waals surface area contributed by atoms with Gasteiger partial charge >= 0.3 is 0 Å². The summed E-state index contributed by atoms with van der Waals surface area (Å²) in [5, 5.41) is 0.800. The molecule has 26 heavy (non-hydrogen) atoms. The first kappa shape index (κ1) is 17.5. The average molecular weight is 353 g/mol. The molecular formula is C19H19N3O4. The van der Waals surface area contributed by atoms with Crippen LogP contribution in [0.2, 0.25) is 0 Å². The lowest BCUT2D eigenvalue weighted by molar-refractivity contribution is 0.0845. The molecule has 2 aromatic heterocycles. The van der Waals surface area contributed by atoms with Gasteiger partial charge in [-0.1, -0.05) is 0 Å². The van der Waals surface area contributed by atoms with Crippen molar-refractivity contribution in [3.8, 4) is 5.75 Å². The Hall–Kier alpha value is -3.35. The molecule has 0 bridgehead atoms. The van der Waals surface area contributed by atoms with E-state index in [2.05, 4.69) is 15.8 Å². The van der Waals surface area contributed by atoms with Crippen LogP contribution in [-0.2, 0) is 0 Å². The number of nitrogens with zero attached hydrogens (tertiary/aromatic N) is 1. The maximum Gasteiger partial charge on any atom is 0.273 e. The van der Waals surface area contributed by atoms with Crippen LogP contribution in [0.15, 0.2) is 34.7 Å². The minimum absolute atomic E-state index is 0.378. The number of carbonyl (C=O) groups is 2. The number of hydrazine groups is 1. The molecule has 1 aromatic carbocycles. The molecule has 0 aliphatic rings. The molecule has 2 amide bonds. The van der Waals surface area contributed by atoms with Gasteiger partial charge in [-0.3, -0.25) is 25.4 Å². The van der Waals surface area contributed by atoms with Crippen molar-refractivity contribution >= 4 is 22.7 Å². The Bertz CT molecular complexity index is 1010. The van der Waals surface area contributed by atoms with Crippen LogP contribution in [0.5, 0.6) is 5.75 Å². The van der Waals surface area contributed by atoms with Gasteiger partial charge in [0.25, 0.3) is 11.8 Å². The second-order valence-electron chi connectivity index (χ2n) is 5.92. The van der Waals surface area contributed by atoms with Crippen molar-refractivity contribution in [2.75, 3.05) is 7.11 Å². The SMILES string of the molecule is COc1ccc2cc(C(=O)NNC(=O)c3cc(C)oc3C)c(C)nc2c1. The van der Waals surface area contributed by atoms with Crippen LogP contribution in [0, 0.1) is 20.8 Å². The van der Waals surface area contributed by atoms with Gasteiger partial charge in [0.1, 0.15) is 17.3 Å². The number of amides is 2. The normalized spacial score (nSPS) is 10.6.